The van der Waals surface area contributed by atoms with E-state index in [9.17, 15) is 0 Å². The summed E-state index contributed by atoms with van der Waals surface area (Å²) in [6.07, 6.45) is 1.79. The number of H-pyrrole nitrogens is 1. The van der Waals surface area contributed by atoms with Crippen LogP contribution in [0.4, 0.5) is 0 Å². The average Bonchev–Trinajstić information content (AvgIpc) is 2.95. The Bertz CT molecular complexity index is 583. The van der Waals surface area contributed by atoms with Crippen molar-refractivity contribution in [2.75, 3.05) is 26.4 Å². The van der Waals surface area contributed by atoms with E-state index in [2.05, 4.69) is 15.5 Å². The fourth-order valence-electron chi connectivity index (χ4n) is 2.20. The van der Waals surface area contributed by atoms with E-state index >= 15 is 0 Å². The first-order valence-electron chi connectivity index (χ1n) is 6.62. The number of aromatic nitrogens is 2. The monoisotopic (exact) mass is 275 g/mol. The normalized spacial score (nSPS) is 13.4. The number of aliphatic hydroxyl groups excluding tert-OH is 1. The first-order chi connectivity index (χ1) is 9.88. The van der Waals surface area contributed by atoms with Crippen LogP contribution in [-0.4, -0.2) is 41.7 Å². The maximum atomic E-state index is 8.80. The topological polar surface area (TPSA) is 79.4 Å². The van der Waals surface area contributed by atoms with Gasteiger partial charge in [0.1, 0.15) is 13.2 Å². The third-order valence-corrected chi connectivity index (χ3v) is 3.15. The minimum absolute atomic E-state index is 0.122. The van der Waals surface area contributed by atoms with E-state index in [4.69, 9.17) is 14.6 Å². The zero-order chi connectivity index (χ0) is 13.8. The number of rotatable bonds is 5. The number of nitrogens with zero attached hydrogens (tertiary/aromatic N) is 1. The second kappa shape index (κ2) is 5.94. The maximum absolute atomic E-state index is 8.80. The van der Waals surface area contributed by atoms with E-state index in [-0.39, 0.29) is 6.61 Å². The Morgan fingerprint density at radius 1 is 1.25 bits per heavy atom. The highest BCUT2D eigenvalue weighted by Gasteiger charge is 2.14. The summed E-state index contributed by atoms with van der Waals surface area (Å²) in [5.41, 5.74) is 3.01. The molecule has 2 heterocycles. The molecule has 0 atom stereocenters. The number of aliphatic hydroxyl groups is 1. The second-order valence-corrected chi connectivity index (χ2v) is 4.53. The lowest BCUT2D eigenvalue weighted by Gasteiger charge is -2.18. The molecule has 1 aromatic carbocycles. The van der Waals surface area contributed by atoms with Crippen LogP contribution in [0.3, 0.4) is 0 Å². The second-order valence-electron chi connectivity index (χ2n) is 4.53. The molecule has 6 nitrogen and oxygen atoms in total. The zero-order valence-corrected chi connectivity index (χ0v) is 11.1. The molecule has 3 N–H and O–H groups in total. The summed E-state index contributed by atoms with van der Waals surface area (Å²) in [7, 11) is 0. The summed E-state index contributed by atoms with van der Waals surface area (Å²) in [6.45, 7) is 2.50. The fourth-order valence-corrected chi connectivity index (χ4v) is 2.20. The molecule has 1 aliphatic heterocycles. The van der Waals surface area contributed by atoms with Crippen molar-refractivity contribution in [2.45, 2.75) is 6.54 Å². The molecule has 0 unspecified atom stereocenters. The summed E-state index contributed by atoms with van der Waals surface area (Å²) in [6, 6.07) is 5.85. The zero-order valence-electron chi connectivity index (χ0n) is 11.1. The molecule has 0 radical (unpaired) electrons. The van der Waals surface area contributed by atoms with Crippen molar-refractivity contribution in [3.8, 4) is 22.8 Å². The van der Waals surface area contributed by atoms with Gasteiger partial charge in [0, 0.05) is 24.2 Å². The highest BCUT2D eigenvalue weighted by molar-refractivity contribution is 5.66. The predicted octanol–water partition coefficient (Wildman–Crippen LogP) is 0.930. The van der Waals surface area contributed by atoms with Gasteiger partial charge >= 0.3 is 0 Å². The largest absolute Gasteiger partial charge is 0.486 e. The molecule has 0 spiro atoms. The minimum atomic E-state index is 0.122. The number of aromatic amines is 1. The third-order valence-electron chi connectivity index (χ3n) is 3.15. The highest BCUT2D eigenvalue weighted by atomic mass is 16.6. The number of hydrogen-bond acceptors (Lipinski definition) is 5. The van der Waals surface area contributed by atoms with E-state index in [1.165, 1.54) is 0 Å². The predicted molar refractivity (Wildman–Crippen MR) is 73.8 cm³/mol. The van der Waals surface area contributed by atoms with Crippen LogP contribution in [0.2, 0.25) is 0 Å². The molecule has 1 aliphatic rings. The van der Waals surface area contributed by atoms with Gasteiger partial charge in [0.05, 0.1) is 18.5 Å². The van der Waals surface area contributed by atoms with E-state index in [1.807, 2.05) is 18.2 Å². The number of fused-ring (bicyclic) bond motifs is 1. The van der Waals surface area contributed by atoms with Gasteiger partial charge in [-0.2, -0.15) is 5.10 Å². The Balaban J connectivity index is 1.84. The van der Waals surface area contributed by atoms with Gasteiger partial charge in [-0.05, 0) is 18.2 Å². The van der Waals surface area contributed by atoms with Crippen molar-refractivity contribution in [1.82, 2.24) is 15.5 Å². The molecular weight excluding hydrogens is 258 g/mol. The van der Waals surface area contributed by atoms with Crippen LogP contribution < -0.4 is 14.8 Å². The molecule has 0 saturated carbocycles. The first kappa shape index (κ1) is 13.0. The Hall–Kier alpha value is -2.05. The van der Waals surface area contributed by atoms with Crippen LogP contribution in [0.1, 0.15) is 5.56 Å². The molecule has 2 aromatic rings. The average molecular weight is 275 g/mol. The van der Waals surface area contributed by atoms with Gasteiger partial charge in [-0.3, -0.25) is 5.10 Å². The maximum Gasteiger partial charge on any atom is 0.162 e. The van der Waals surface area contributed by atoms with Crippen LogP contribution in [0, 0.1) is 0 Å². The fraction of sp³-hybridized carbons (Fsp3) is 0.357. The smallest absolute Gasteiger partial charge is 0.162 e. The summed E-state index contributed by atoms with van der Waals surface area (Å²) >= 11 is 0. The lowest BCUT2D eigenvalue weighted by atomic mass is 10.1. The third kappa shape index (κ3) is 2.61. The molecule has 106 valence electrons. The number of hydrogen-bond donors (Lipinski definition) is 3. The summed E-state index contributed by atoms with van der Waals surface area (Å²) in [4.78, 5) is 0. The van der Waals surface area contributed by atoms with E-state index in [0.29, 0.717) is 26.3 Å². The first-order valence-corrected chi connectivity index (χ1v) is 6.62. The van der Waals surface area contributed by atoms with Crippen molar-refractivity contribution in [2.24, 2.45) is 0 Å². The quantitative estimate of drug-likeness (QED) is 0.707. The molecule has 3 rings (SSSR count). The van der Waals surface area contributed by atoms with Gasteiger partial charge in [0.2, 0.25) is 0 Å². The van der Waals surface area contributed by atoms with Crippen molar-refractivity contribution in [3.05, 3.63) is 30.0 Å². The highest BCUT2D eigenvalue weighted by Crippen LogP contribution is 2.34. The lowest BCUT2D eigenvalue weighted by Crippen LogP contribution is -2.17. The van der Waals surface area contributed by atoms with E-state index in [1.54, 1.807) is 6.20 Å². The van der Waals surface area contributed by atoms with Crippen molar-refractivity contribution >= 4 is 0 Å². The molecule has 0 fully saturated rings. The van der Waals surface area contributed by atoms with Crippen LogP contribution in [0.15, 0.2) is 24.4 Å². The van der Waals surface area contributed by atoms with Gasteiger partial charge in [0.15, 0.2) is 11.5 Å². The van der Waals surface area contributed by atoms with Crippen molar-refractivity contribution < 1.29 is 14.6 Å². The molecule has 6 heteroatoms. The van der Waals surface area contributed by atoms with Crippen molar-refractivity contribution in [3.63, 3.8) is 0 Å². The van der Waals surface area contributed by atoms with Gasteiger partial charge in [-0.15, -0.1) is 0 Å². The Morgan fingerprint density at radius 3 is 2.95 bits per heavy atom. The van der Waals surface area contributed by atoms with E-state index < -0.39 is 0 Å². The number of nitrogens with one attached hydrogen (secondary N) is 2. The van der Waals surface area contributed by atoms with Gasteiger partial charge in [-0.25, -0.2) is 0 Å². The summed E-state index contributed by atoms with van der Waals surface area (Å²) in [5.74, 6) is 1.54. The standard InChI is InChI=1S/C14H17N3O3/c18-4-3-15-8-11-9-16-17-14(11)10-1-2-12-13(7-10)20-6-5-19-12/h1-2,7,9,15,18H,3-6,8H2,(H,16,17). The molecule has 0 bridgehead atoms. The van der Waals surface area contributed by atoms with Crippen LogP contribution in [0.5, 0.6) is 11.5 Å². The van der Waals surface area contributed by atoms with Crippen LogP contribution in [-0.2, 0) is 6.54 Å². The molecular formula is C14H17N3O3. The minimum Gasteiger partial charge on any atom is -0.486 e. The lowest BCUT2D eigenvalue weighted by molar-refractivity contribution is 0.171. The van der Waals surface area contributed by atoms with Crippen molar-refractivity contribution in [1.29, 1.82) is 0 Å². The Labute approximate surface area is 116 Å². The molecule has 0 aliphatic carbocycles. The van der Waals surface area contributed by atoms with Gasteiger partial charge in [0.25, 0.3) is 0 Å². The SMILES string of the molecule is OCCNCc1cn[nH]c1-c1ccc2c(c1)OCCO2. The molecule has 0 saturated heterocycles. The van der Waals surface area contributed by atoms with Crippen LogP contribution in [0.25, 0.3) is 11.3 Å². The summed E-state index contributed by atoms with van der Waals surface area (Å²) < 4.78 is 11.1. The molecule has 1 aromatic heterocycles. The van der Waals surface area contributed by atoms with Gasteiger partial charge < -0.3 is 19.9 Å². The van der Waals surface area contributed by atoms with Crippen LogP contribution >= 0.6 is 0 Å². The molecule has 0 amide bonds. The number of ether oxygens (including phenoxy) is 2. The number of benzene rings is 1. The van der Waals surface area contributed by atoms with Gasteiger partial charge in [-0.1, -0.05) is 0 Å². The summed E-state index contributed by atoms with van der Waals surface area (Å²) in [5, 5.41) is 19.0. The van der Waals surface area contributed by atoms with E-state index in [0.717, 1.165) is 28.3 Å². The Kier molecular flexibility index (Phi) is 3.85. The molecule has 20 heavy (non-hydrogen) atoms. The Morgan fingerprint density at radius 2 is 2.10 bits per heavy atom.